The third kappa shape index (κ3) is 4.17. The molecule has 2 aromatic carbocycles. The molecule has 7 nitrogen and oxygen atoms in total. The lowest BCUT2D eigenvalue weighted by atomic mass is 10.0. The van der Waals surface area contributed by atoms with Gasteiger partial charge in [-0.25, -0.2) is 13.1 Å². The largest absolute Gasteiger partial charge is 0.497 e. The monoisotopic (exact) mass is 478 g/mol. The topological polar surface area (TPSA) is 76.8 Å². The summed E-state index contributed by atoms with van der Waals surface area (Å²) in [6, 6.07) is 21.0. The van der Waals surface area contributed by atoms with Crippen LogP contribution in [0.2, 0.25) is 0 Å². The van der Waals surface area contributed by atoms with Gasteiger partial charge in [0.05, 0.1) is 24.8 Å². The summed E-state index contributed by atoms with van der Waals surface area (Å²) in [5.74, 6) is 0.752. The summed E-state index contributed by atoms with van der Waals surface area (Å²) in [5.41, 5.74) is 4.03. The second-order valence-corrected chi connectivity index (χ2v) is 10.5. The fourth-order valence-electron chi connectivity index (χ4n) is 3.91. The molecule has 168 valence electrons. The van der Waals surface area contributed by atoms with Crippen LogP contribution in [-0.2, 0) is 10.0 Å². The van der Waals surface area contributed by atoms with Crippen LogP contribution in [0.3, 0.4) is 0 Å². The van der Waals surface area contributed by atoms with E-state index < -0.39 is 10.0 Å². The minimum atomic E-state index is -3.54. The Balaban J connectivity index is 1.64. The van der Waals surface area contributed by atoms with Gasteiger partial charge in [-0.1, -0.05) is 24.3 Å². The van der Waals surface area contributed by atoms with E-state index in [1.54, 1.807) is 11.8 Å². The van der Waals surface area contributed by atoms with Gasteiger partial charge in [-0.2, -0.15) is 14.6 Å². The van der Waals surface area contributed by atoms with E-state index in [-0.39, 0.29) is 6.04 Å². The molecule has 0 N–H and O–H groups in total. The van der Waals surface area contributed by atoms with E-state index in [0.717, 1.165) is 33.1 Å². The Hall–Kier alpha value is -3.43. The number of hydrazone groups is 1. The van der Waals surface area contributed by atoms with Gasteiger partial charge < -0.3 is 4.74 Å². The number of benzene rings is 2. The second-order valence-electron chi connectivity index (χ2n) is 7.72. The molecule has 1 aliphatic rings. The molecule has 3 heterocycles. The predicted molar refractivity (Wildman–Crippen MR) is 130 cm³/mol. The van der Waals surface area contributed by atoms with Gasteiger partial charge in [0.1, 0.15) is 17.5 Å². The molecule has 0 saturated heterocycles. The van der Waals surface area contributed by atoms with E-state index in [2.05, 4.69) is 5.10 Å². The molecule has 5 rings (SSSR count). The maximum Gasteiger partial charge on any atom is 0.247 e. The fraction of sp³-hybridized carbons (Fsp3) is 0.167. The number of hydrogen-bond donors (Lipinski definition) is 0. The van der Waals surface area contributed by atoms with Crippen molar-refractivity contribution in [2.24, 2.45) is 5.10 Å². The molecule has 0 saturated carbocycles. The highest BCUT2D eigenvalue weighted by Gasteiger charge is 2.36. The van der Waals surface area contributed by atoms with Crippen molar-refractivity contribution in [2.45, 2.75) is 12.5 Å². The van der Waals surface area contributed by atoms with Crippen LogP contribution in [0.25, 0.3) is 16.9 Å². The van der Waals surface area contributed by atoms with Crippen molar-refractivity contribution in [1.29, 1.82) is 0 Å². The molecule has 0 spiro atoms. The Morgan fingerprint density at radius 3 is 2.42 bits per heavy atom. The number of ether oxygens (including phenoxy) is 1. The number of thiophene rings is 1. The number of hydrogen-bond acceptors (Lipinski definition) is 6. The van der Waals surface area contributed by atoms with Gasteiger partial charge in [-0.05, 0) is 47.8 Å². The lowest BCUT2D eigenvalue weighted by Crippen LogP contribution is -2.25. The van der Waals surface area contributed by atoms with Crippen molar-refractivity contribution < 1.29 is 13.2 Å². The molecule has 1 aliphatic heterocycles. The van der Waals surface area contributed by atoms with Crippen LogP contribution < -0.4 is 4.74 Å². The Kier molecular flexibility index (Phi) is 5.51. The summed E-state index contributed by atoms with van der Waals surface area (Å²) in [5, 5.41) is 11.4. The summed E-state index contributed by atoms with van der Waals surface area (Å²) < 4.78 is 33.4. The number of nitrogens with zero attached hydrogens (tertiary/aromatic N) is 4. The summed E-state index contributed by atoms with van der Waals surface area (Å²) in [6.07, 6.45) is 3.58. The summed E-state index contributed by atoms with van der Waals surface area (Å²) in [6.45, 7) is 0. The van der Waals surface area contributed by atoms with E-state index in [0.29, 0.717) is 12.1 Å². The van der Waals surface area contributed by atoms with Gasteiger partial charge in [-0.3, -0.25) is 0 Å². The van der Waals surface area contributed by atoms with Crippen LogP contribution in [-0.4, -0.2) is 41.7 Å². The van der Waals surface area contributed by atoms with Gasteiger partial charge >= 0.3 is 0 Å². The third-order valence-electron chi connectivity index (χ3n) is 5.49. The van der Waals surface area contributed by atoms with E-state index in [1.807, 2.05) is 78.3 Å². The van der Waals surface area contributed by atoms with Crippen LogP contribution in [0, 0.1) is 0 Å². The number of para-hydroxylation sites is 1. The summed E-state index contributed by atoms with van der Waals surface area (Å²) in [4.78, 5) is 0.959. The standard InChI is InChI=1S/C24H22N4O3S2/c1-31-19-12-10-17(11-13-19)24-20(16-27(26-24)18-7-4-3-5-8-18)21-15-22(23-9-6-14-32-23)28(25-21)33(2,29)30/h3-14,16,22H,15H2,1-2H3/t22-/m0/s1. The van der Waals surface area contributed by atoms with Crippen molar-refractivity contribution >= 4 is 27.1 Å². The number of methoxy groups -OCH3 is 1. The second kappa shape index (κ2) is 8.49. The molecule has 0 unspecified atom stereocenters. The van der Waals surface area contributed by atoms with E-state index in [1.165, 1.54) is 22.0 Å². The quantitative estimate of drug-likeness (QED) is 0.402. The normalized spacial score (nSPS) is 16.1. The van der Waals surface area contributed by atoms with Crippen molar-refractivity contribution in [3.63, 3.8) is 0 Å². The third-order valence-corrected chi connectivity index (χ3v) is 7.48. The number of aromatic nitrogens is 2. The molecule has 33 heavy (non-hydrogen) atoms. The predicted octanol–water partition coefficient (Wildman–Crippen LogP) is 4.72. The zero-order valence-electron chi connectivity index (χ0n) is 18.1. The molecule has 0 aliphatic carbocycles. The van der Waals surface area contributed by atoms with E-state index in [9.17, 15) is 8.42 Å². The van der Waals surface area contributed by atoms with Crippen LogP contribution in [0.15, 0.2) is 83.4 Å². The first-order chi connectivity index (χ1) is 15.9. The summed E-state index contributed by atoms with van der Waals surface area (Å²) in [7, 11) is -1.91. The Morgan fingerprint density at radius 2 is 1.79 bits per heavy atom. The smallest absolute Gasteiger partial charge is 0.247 e. The maximum atomic E-state index is 12.6. The molecule has 9 heteroatoms. The maximum absolute atomic E-state index is 12.6. The highest BCUT2D eigenvalue weighted by molar-refractivity contribution is 7.88. The van der Waals surface area contributed by atoms with Gasteiger partial charge in [0.15, 0.2) is 0 Å². The van der Waals surface area contributed by atoms with Gasteiger partial charge in [0.25, 0.3) is 0 Å². The van der Waals surface area contributed by atoms with E-state index in [4.69, 9.17) is 9.84 Å². The van der Waals surface area contributed by atoms with Gasteiger partial charge in [0.2, 0.25) is 10.0 Å². The molecular weight excluding hydrogens is 456 g/mol. The van der Waals surface area contributed by atoms with Gasteiger partial charge in [0, 0.05) is 28.6 Å². The zero-order chi connectivity index (χ0) is 23.0. The van der Waals surface area contributed by atoms with Crippen molar-refractivity contribution in [3.8, 4) is 22.7 Å². The van der Waals surface area contributed by atoms with Crippen molar-refractivity contribution in [2.75, 3.05) is 13.4 Å². The first-order valence-corrected chi connectivity index (χ1v) is 13.1. The minimum Gasteiger partial charge on any atom is -0.497 e. The highest BCUT2D eigenvalue weighted by atomic mass is 32.2. The number of sulfonamides is 1. The van der Waals surface area contributed by atoms with Crippen LogP contribution in [0.1, 0.15) is 22.9 Å². The minimum absolute atomic E-state index is 0.362. The first-order valence-electron chi connectivity index (χ1n) is 10.3. The zero-order valence-corrected chi connectivity index (χ0v) is 19.8. The van der Waals surface area contributed by atoms with E-state index >= 15 is 0 Å². The Bertz CT molecular complexity index is 1390. The molecule has 1 atom stereocenters. The Morgan fingerprint density at radius 1 is 1.03 bits per heavy atom. The molecule has 0 radical (unpaired) electrons. The van der Waals surface area contributed by atoms with Crippen molar-refractivity contribution in [3.05, 3.63) is 88.7 Å². The average molecular weight is 479 g/mol. The molecule has 0 fully saturated rings. The lowest BCUT2D eigenvalue weighted by molar-refractivity contribution is 0.379. The molecule has 0 bridgehead atoms. The molecule has 2 aromatic heterocycles. The fourth-order valence-corrected chi connectivity index (χ4v) is 5.69. The summed E-state index contributed by atoms with van der Waals surface area (Å²) >= 11 is 1.53. The van der Waals surface area contributed by atoms with Crippen molar-refractivity contribution in [1.82, 2.24) is 14.2 Å². The SMILES string of the molecule is COc1ccc(-c2nn(-c3ccccc3)cc2C2=NN(S(C)(=O)=O)[C@H](c3cccs3)C2)cc1. The van der Waals surface area contributed by atoms with Crippen LogP contribution >= 0.6 is 11.3 Å². The number of rotatable bonds is 6. The van der Waals surface area contributed by atoms with Crippen LogP contribution in [0.4, 0.5) is 0 Å². The molecular formula is C24H22N4O3S2. The average Bonchev–Trinajstić information content (AvgIpc) is 3.58. The highest BCUT2D eigenvalue weighted by Crippen LogP contribution is 2.38. The molecule has 0 amide bonds. The molecule has 4 aromatic rings. The Labute approximate surface area is 196 Å². The van der Waals surface area contributed by atoms with Gasteiger partial charge in [-0.15, -0.1) is 11.3 Å². The lowest BCUT2D eigenvalue weighted by Gasteiger charge is -2.19. The van der Waals surface area contributed by atoms with Crippen LogP contribution in [0.5, 0.6) is 5.75 Å². The first kappa shape index (κ1) is 21.4.